The molecule has 5 heteroatoms. The minimum absolute atomic E-state index is 0.755. The molecule has 114 valence electrons. The zero-order chi connectivity index (χ0) is 14.6. The number of aromatic nitrogens is 1. The van der Waals surface area contributed by atoms with Gasteiger partial charge in [-0.15, -0.1) is 0 Å². The number of hydrogen-bond donors (Lipinski definition) is 1. The molecule has 0 aromatic carbocycles. The van der Waals surface area contributed by atoms with Crippen LogP contribution in [0.3, 0.4) is 0 Å². The first-order chi connectivity index (χ1) is 9.80. The molecule has 1 aromatic heterocycles. The molecule has 0 saturated heterocycles. The second kappa shape index (κ2) is 10.6. The number of pyridine rings is 1. The summed E-state index contributed by atoms with van der Waals surface area (Å²) in [5.74, 6) is 0.893. The van der Waals surface area contributed by atoms with Crippen LogP contribution >= 0.6 is 0 Å². The van der Waals surface area contributed by atoms with E-state index in [4.69, 9.17) is 9.47 Å². The lowest BCUT2D eigenvalue weighted by Crippen LogP contribution is -2.30. The summed E-state index contributed by atoms with van der Waals surface area (Å²) < 4.78 is 10.9. The molecule has 0 spiro atoms. The third-order valence-corrected chi connectivity index (χ3v) is 3.00. The van der Waals surface area contributed by atoms with Gasteiger partial charge in [-0.1, -0.05) is 6.07 Å². The van der Waals surface area contributed by atoms with E-state index in [-0.39, 0.29) is 0 Å². The first-order valence-electron chi connectivity index (χ1n) is 7.30. The fraction of sp³-hybridized carbons (Fsp3) is 0.667. The van der Waals surface area contributed by atoms with E-state index in [1.54, 1.807) is 0 Å². The van der Waals surface area contributed by atoms with Gasteiger partial charge in [0, 0.05) is 46.1 Å². The highest BCUT2D eigenvalue weighted by atomic mass is 16.5. The molecule has 0 aliphatic rings. The largest absolute Gasteiger partial charge is 0.380 e. The maximum atomic E-state index is 5.44. The van der Waals surface area contributed by atoms with E-state index in [0.29, 0.717) is 0 Å². The van der Waals surface area contributed by atoms with Crippen LogP contribution in [0.15, 0.2) is 18.3 Å². The molecule has 20 heavy (non-hydrogen) atoms. The van der Waals surface area contributed by atoms with Gasteiger partial charge in [-0.25, -0.2) is 4.98 Å². The van der Waals surface area contributed by atoms with Crippen LogP contribution in [0.4, 0.5) is 5.82 Å². The molecule has 0 saturated carbocycles. The Kier molecular flexibility index (Phi) is 8.95. The first kappa shape index (κ1) is 16.9. The van der Waals surface area contributed by atoms with Crippen molar-refractivity contribution >= 4 is 5.82 Å². The number of anilines is 1. The molecule has 0 unspecified atom stereocenters. The third kappa shape index (κ3) is 6.84. The van der Waals surface area contributed by atoms with E-state index in [0.717, 1.165) is 51.9 Å². The molecule has 5 nitrogen and oxygen atoms in total. The van der Waals surface area contributed by atoms with Crippen LogP contribution in [-0.2, 0) is 16.0 Å². The fourth-order valence-electron chi connectivity index (χ4n) is 1.87. The van der Waals surface area contributed by atoms with Crippen LogP contribution in [0, 0.1) is 0 Å². The monoisotopic (exact) mass is 281 g/mol. The average Bonchev–Trinajstić information content (AvgIpc) is 2.48. The van der Waals surface area contributed by atoms with E-state index in [1.807, 2.05) is 33.2 Å². The molecular weight excluding hydrogens is 254 g/mol. The minimum atomic E-state index is 0.755. The number of ether oxygens (including phenoxy) is 2. The molecule has 1 heterocycles. The van der Waals surface area contributed by atoms with Crippen LogP contribution < -0.4 is 5.32 Å². The Morgan fingerprint density at radius 3 is 2.20 bits per heavy atom. The Bertz CT molecular complexity index is 333. The molecule has 0 amide bonds. The molecule has 1 rings (SSSR count). The van der Waals surface area contributed by atoms with Gasteiger partial charge in [0.25, 0.3) is 0 Å². The lowest BCUT2D eigenvalue weighted by molar-refractivity contribution is 0.0797. The Labute approximate surface area is 122 Å². The number of nitrogens with zero attached hydrogens (tertiary/aromatic N) is 2. The predicted molar refractivity (Wildman–Crippen MR) is 82.0 cm³/mol. The van der Waals surface area contributed by atoms with Gasteiger partial charge >= 0.3 is 0 Å². The summed E-state index contributed by atoms with van der Waals surface area (Å²) in [5.41, 5.74) is 1.21. The Morgan fingerprint density at radius 2 is 1.75 bits per heavy atom. The normalized spacial score (nSPS) is 11.0. The molecule has 0 aliphatic carbocycles. The maximum Gasteiger partial charge on any atom is 0.125 e. The lowest BCUT2D eigenvalue weighted by Gasteiger charge is -2.22. The topological polar surface area (TPSA) is 46.6 Å². The van der Waals surface area contributed by atoms with Gasteiger partial charge in [0.2, 0.25) is 0 Å². The Morgan fingerprint density at radius 1 is 1.10 bits per heavy atom. The number of rotatable bonds is 11. The Hall–Kier alpha value is -1.17. The molecular formula is C15H27N3O2. The Balaban J connectivity index is 2.47. The summed E-state index contributed by atoms with van der Waals surface area (Å²) in [6.45, 7) is 9.77. The lowest BCUT2D eigenvalue weighted by atomic mass is 10.2. The van der Waals surface area contributed by atoms with Gasteiger partial charge in [-0.2, -0.15) is 0 Å². The van der Waals surface area contributed by atoms with Gasteiger partial charge < -0.3 is 14.8 Å². The van der Waals surface area contributed by atoms with Crippen molar-refractivity contribution in [1.29, 1.82) is 0 Å². The predicted octanol–water partition coefficient (Wildman–Crippen LogP) is 2.00. The van der Waals surface area contributed by atoms with Gasteiger partial charge in [0.05, 0.1) is 13.2 Å². The molecule has 0 fully saturated rings. The summed E-state index contributed by atoms with van der Waals surface area (Å²) in [5, 5.41) is 3.03. The SMILES string of the molecule is CCOCCN(CCOCC)Cc1ccc(NC)nc1. The highest BCUT2D eigenvalue weighted by molar-refractivity contribution is 5.34. The number of nitrogens with one attached hydrogen (secondary N) is 1. The van der Waals surface area contributed by atoms with Crippen molar-refractivity contribution in [2.24, 2.45) is 0 Å². The molecule has 1 N–H and O–H groups in total. The van der Waals surface area contributed by atoms with E-state index in [2.05, 4.69) is 21.3 Å². The van der Waals surface area contributed by atoms with Crippen LogP contribution in [0.1, 0.15) is 19.4 Å². The number of hydrogen-bond acceptors (Lipinski definition) is 5. The quantitative estimate of drug-likeness (QED) is 0.629. The maximum absolute atomic E-state index is 5.44. The molecule has 0 bridgehead atoms. The van der Waals surface area contributed by atoms with Crippen molar-refractivity contribution in [2.45, 2.75) is 20.4 Å². The third-order valence-electron chi connectivity index (χ3n) is 3.00. The van der Waals surface area contributed by atoms with Crippen molar-refractivity contribution in [2.75, 3.05) is 51.9 Å². The molecule has 0 aliphatic heterocycles. The average molecular weight is 281 g/mol. The van der Waals surface area contributed by atoms with E-state index in [9.17, 15) is 0 Å². The molecule has 0 radical (unpaired) electrons. The van der Waals surface area contributed by atoms with Crippen LogP contribution in [0.2, 0.25) is 0 Å². The minimum Gasteiger partial charge on any atom is -0.380 e. The van der Waals surface area contributed by atoms with Gasteiger partial charge in [-0.3, -0.25) is 4.90 Å². The van der Waals surface area contributed by atoms with E-state index < -0.39 is 0 Å². The summed E-state index contributed by atoms with van der Waals surface area (Å²) in [6.07, 6.45) is 1.92. The smallest absolute Gasteiger partial charge is 0.125 e. The van der Waals surface area contributed by atoms with Gasteiger partial charge in [0.1, 0.15) is 5.82 Å². The summed E-state index contributed by atoms with van der Waals surface area (Å²) in [4.78, 5) is 6.68. The van der Waals surface area contributed by atoms with E-state index >= 15 is 0 Å². The second-order valence-electron chi connectivity index (χ2n) is 4.47. The van der Waals surface area contributed by atoms with Crippen LogP contribution in [0.5, 0.6) is 0 Å². The first-order valence-corrected chi connectivity index (χ1v) is 7.30. The zero-order valence-corrected chi connectivity index (χ0v) is 12.9. The summed E-state index contributed by atoms with van der Waals surface area (Å²) in [7, 11) is 1.87. The van der Waals surface area contributed by atoms with Crippen molar-refractivity contribution in [1.82, 2.24) is 9.88 Å². The van der Waals surface area contributed by atoms with Gasteiger partial charge in [-0.05, 0) is 25.5 Å². The van der Waals surface area contributed by atoms with E-state index in [1.165, 1.54) is 5.56 Å². The zero-order valence-electron chi connectivity index (χ0n) is 12.9. The van der Waals surface area contributed by atoms with Gasteiger partial charge in [0.15, 0.2) is 0 Å². The second-order valence-corrected chi connectivity index (χ2v) is 4.47. The molecule has 0 atom stereocenters. The van der Waals surface area contributed by atoms with Crippen molar-refractivity contribution in [3.05, 3.63) is 23.9 Å². The molecule has 1 aromatic rings. The van der Waals surface area contributed by atoms with Crippen molar-refractivity contribution < 1.29 is 9.47 Å². The highest BCUT2D eigenvalue weighted by Gasteiger charge is 2.06. The summed E-state index contributed by atoms with van der Waals surface area (Å²) >= 11 is 0. The summed E-state index contributed by atoms with van der Waals surface area (Å²) in [6, 6.07) is 4.10. The highest BCUT2D eigenvalue weighted by Crippen LogP contribution is 2.07. The standard InChI is InChI=1S/C15H27N3O2/c1-4-19-10-8-18(9-11-20-5-2)13-14-6-7-15(16-3)17-12-14/h6-7,12H,4-5,8-11,13H2,1-3H3,(H,16,17). The van der Waals surface area contributed by atoms with Crippen molar-refractivity contribution in [3.63, 3.8) is 0 Å². The van der Waals surface area contributed by atoms with Crippen molar-refractivity contribution in [3.8, 4) is 0 Å². The van der Waals surface area contributed by atoms with Crippen LogP contribution in [-0.4, -0.2) is 56.4 Å². The fourth-order valence-corrected chi connectivity index (χ4v) is 1.87. The van der Waals surface area contributed by atoms with Crippen LogP contribution in [0.25, 0.3) is 0 Å².